The average Bonchev–Trinajstić information content (AvgIpc) is 2.81. The predicted octanol–water partition coefficient (Wildman–Crippen LogP) is 2.04. The van der Waals surface area contributed by atoms with Gasteiger partial charge in [-0.3, -0.25) is 0 Å². The first-order valence-corrected chi connectivity index (χ1v) is 5.85. The van der Waals surface area contributed by atoms with E-state index in [9.17, 15) is 9.18 Å². The third kappa shape index (κ3) is 2.52. The van der Waals surface area contributed by atoms with Gasteiger partial charge in [0.25, 0.3) is 0 Å². The van der Waals surface area contributed by atoms with Gasteiger partial charge in [0.1, 0.15) is 17.3 Å². The summed E-state index contributed by atoms with van der Waals surface area (Å²) in [6, 6.07) is 6.09. The van der Waals surface area contributed by atoms with Crippen LogP contribution in [0.25, 0.3) is 0 Å². The van der Waals surface area contributed by atoms with E-state index >= 15 is 0 Å². The highest BCUT2D eigenvalue weighted by Crippen LogP contribution is 2.15. The molecule has 20 heavy (non-hydrogen) atoms. The molecule has 0 atom stereocenters. The van der Waals surface area contributed by atoms with E-state index in [2.05, 4.69) is 9.72 Å². The molecule has 0 saturated carbocycles. The van der Waals surface area contributed by atoms with Crippen molar-refractivity contribution in [2.75, 3.05) is 7.11 Å². The van der Waals surface area contributed by atoms with Crippen LogP contribution in [0.5, 0.6) is 0 Å². The summed E-state index contributed by atoms with van der Waals surface area (Å²) < 4.78 is 20.1. The first-order valence-electron chi connectivity index (χ1n) is 5.85. The van der Waals surface area contributed by atoms with Gasteiger partial charge in [0.15, 0.2) is 0 Å². The van der Waals surface area contributed by atoms with E-state index in [-0.39, 0.29) is 17.8 Å². The van der Waals surface area contributed by atoms with Crippen molar-refractivity contribution in [3.63, 3.8) is 0 Å². The molecule has 1 aromatic heterocycles. The molecular formula is C14H12FN3O2. The maximum atomic E-state index is 13.9. The number of ether oxygens (including phenoxy) is 1. The van der Waals surface area contributed by atoms with Crippen molar-refractivity contribution < 1.29 is 13.9 Å². The lowest BCUT2D eigenvalue weighted by atomic mass is 10.1. The Labute approximate surface area is 115 Å². The van der Waals surface area contributed by atoms with Crippen LogP contribution in [-0.2, 0) is 11.3 Å². The summed E-state index contributed by atoms with van der Waals surface area (Å²) in [5.74, 6) is -0.443. The number of halogens is 1. The number of benzene rings is 1. The Morgan fingerprint density at radius 2 is 2.30 bits per heavy atom. The Bertz CT molecular complexity index is 701. The van der Waals surface area contributed by atoms with Gasteiger partial charge < -0.3 is 9.30 Å². The molecule has 6 heteroatoms. The van der Waals surface area contributed by atoms with Gasteiger partial charge in [-0.05, 0) is 19.1 Å². The van der Waals surface area contributed by atoms with Crippen LogP contribution in [0.1, 0.15) is 27.4 Å². The molecule has 1 aromatic carbocycles. The van der Waals surface area contributed by atoms with Crippen molar-refractivity contribution in [3.8, 4) is 6.07 Å². The average molecular weight is 273 g/mol. The van der Waals surface area contributed by atoms with Crippen LogP contribution in [-0.4, -0.2) is 22.6 Å². The normalized spacial score (nSPS) is 10.1. The van der Waals surface area contributed by atoms with Gasteiger partial charge >= 0.3 is 5.97 Å². The zero-order chi connectivity index (χ0) is 14.7. The third-order valence-corrected chi connectivity index (χ3v) is 2.96. The highest BCUT2D eigenvalue weighted by Gasteiger charge is 2.16. The minimum Gasteiger partial charge on any atom is -0.464 e. The number of rotatable bonds is 3. The number of carbonyl (C=O) groups is 1. The number of nitrogens with zero attached hydrogens (tertiary/aromatic N) is 3. The zero-order valence-corrected chi connectivity index (χ0v) is 11.1. The van der Waals surface area contributed by atoms with Gasteiger partial charge in [-0.15, -0.1) is 0 Å². The van der Waals surface area contributed by atoms with Gasteiger partial charge in [-0.1, -0.05) is 6.07 Å². The maximum Gasteiger partial charge on any atom is 0.356 e. The molecule has 0 N–H and O–H groups in total. The Morgan fingerprint density at radius 1 is 1.55 bits per heavy atom. The van der Waals surface area contributed by atoms with Crippen molar-refractivity contribution in [3.05, 3.63) is 52.9 Å². The molecule has 0 bridgehead atoms. The summed E-state index contributed by atoms with van der Waals surface area (Å²) in [6.07, 6.45) is 1.39. The van der Waals surface area contributed by atoms with Crippen LogP contribution >= 0.6 is 0 Å². The number of nitriles is 1. The summed E-state index contributed by atoms with van der Waals surface area (Å²) in [5.41, 5.74) is 0.880. The number of methoxy groups -OCH3 is 1. The number of esters is 1. The van der Waals surface area contributed by atoms with Crippen molar-refractivity contribution in [1.29, 1.82) is 5.26 Å². The number of aromatic nitrogens is 2. The monoisotopic (exact) mass is 273 g/mol. The second-order valence-electron chi connectivity index (χ2n) is 4.19. The molecule has 0 fully saturated rings. The van der Waals surface area contributed by atoms with Crippen LogP contribution < -0.4 is 0 Å². The Morgan fingerprint density at radius 3 is 2.90 bits per heavy atom. The largest absolute Gasteiger partial charge is 0.464 e. The van der Waals surface area contributed by atoms with Crippen molar-refractivity contribution >= 4 is 5.97 Å². The Balaban J connectivity index is 2.38. The zero-order valence-electron chi connectivity index (χ0n) is 11.1. The fourth-order valence-corrected chi connectivity index (χ4v) is 1.85. The second-order valence-corrected chi connectivity index (χ2v) is 4.19. The fraction of sp³-hybridized carbons (Fsp3) is 0.214. The first kappa shape index (κ1) is 13.7. The van der Waals surface area contributed by atoms with E-state index in [4.69, 9.17) is 5.26 Å². The smallest absolute Gasteiger partial charge is 0.356 e. The molecule has 5 nitrogen and oxygen atoms in total. The van der Waals surface area contributed by atoms with E-state index in [1.165, 1.54) is 31.5 Å². The van der Waals surface area contributed by atoms with Gasteiger partial charge in [0.05, 0.1) is 31.5 Å². The number of imidazole rings is 1. The molecule has 0 unspecified atom stereocenters. The topological polar surface area (TPSA) is 67.9 Å². The van der Waals surface area contributed by atoms with Crippen LogP contribution in [0.4, 0.5) is 4.39 Å². The van der Waals surface area contributed by atoms with E-state index < -0.39 is 11.8 Å². The minimum atomic E-state index is -0.528. The van der Waals surface area contributed by atoms with E-state index in [1.54, 1.807) is 11.5 Å². The molecule has 102 valence electrons. The van der Waals surface area contributed by atoms with E-state index in [1.807, 2.05) is 6.07 Å². The SMILES string of the molecule is COC(=O)c1cnc(C)n1Cc1ccc(C#N)cc1F. The van der Waals surface area contributed by atoms with E-state index in [0.717, 1.165) is 0 Å². The molecule has 1 heterocycles. The molecule has 2 rings (SSSR count). The summed E-state index contributed by atoms with van der Waals surface area (Å²) >= 11 is 0. The number of aryl methyl sites for hydroxylation is 1. The van der Waals surface area contributed by atoms with Gasteiger partial charge in [-0.2, -0.15) is 5.26 Å². The molecule has 0 aliphatic carbocycles. The van der Waals surface area contributed by atoms with Gasteiger partial charge in [0.2, 0.25) is 0 Å². The summed E-state index contributed by atoms with van der Waals surface area (Å²) in [7, 11) is 1.28. The summed E-state index contributed by atoms with van der Waals surface area (Å²) in [6.45, 7) is 1.86. The number of hydrogen-bond acceptors (Lipinski definition) is 4. The second kappa shape index (κ2) is 5.53. The molecular weight excluding hydrogens is 261 g/mol. The molecule has 0 radical (unpaired) electrons. The minimum absolute atomic E-state index is 0.147. The lowest BCUT2D eigenvalue weighted by Gasteiger charge is -2.10. The van der Waals surface area contributed by atoms with Gasteiger partial charge in [-0.25, -0.2) is 14.2 Å². The molecule has 0 amide bonds. The highest BCUT2D eigenvalue weighted by molar-refractivity contribution is 5.87. The van der Waals surface area contributed by atoms with Crippen LogP contribution in [0.15, 0.2) is 24.4 Å². The quantitative estimate of drug-likeness (QED) is 0.802. The van der Waals surface area contributed by atoms with Crippen molar-refractivity contribution in [2.45, 2.75) is 13.5 Å². The molecule has 0 aliphatic rings. The van der Waals surface area contributed by atoms with Crippen LogP contribution in [0, 0.1) is 24.1 Å². The third-order valence-electron chi connectivity index (χ3n) is 2.96. The molecule has 0 saturated heterocycles. The predicted molar refractivity (Wildman–Crippen MR) is 68.5 cm³/mol. The van der Waals surface area contributed by atoms with Gasteiger partial charge in [0, 0.05) is 5.56 Å². The fourth-order valence-electron chi connectivity index (χ4n) is 1.85. The summed E-state index contributed by atoms with van der Waals surface area (Å²) in [4.78, 5) is 15.6. The highest BCUT2D eigenvalue weighted by atomic mass is 19.1. The lowest BCUT2D eigenvalue weighted by molar-refractivity contribution is 0.0588. The maximum absolute atomic E-state index is 13.9. The van der Waals surface area contributed by atoms with E-state index in [0.29, 0.717) is 11.4 Å². The first-order chi connectivity index (χ1) is 9.56. The standard InChI is InChI=1S/C14H12FN3O2/c1-9-17-7-13(14(19)20-2)18(9)8-11-4-3-10(6-16)5-12(11)15/h3-5,7H,8H2,1-2H3. The van der Waals surface area contributed by atoms with Crippen molar-refractivity contribution in [1.82, 2.24) is 9.55 Å². The lowest BCUT2D eigenvalue weighted by Crippen LogP contribution is -2.13. The summed E-state index contributed by atoms with van der Waals surface area (Å²) in [5, 5.41) is 8.71. The van der Waals surface area contributed by atoms with Crippen molar-refractivity contribution in [2.24, 2.45) is 0 Å². The Kier molecular flexibility index (Phi) is 3.80. The molecule has 0 aliphatic heterocycles. The number of hydrogen-bond donors (Lipinski definition) is 0. The molecule has 2 aromatic rings. The van der Waals surface area contributed by atoms with Crippen LogP contribution in [0.2, 0.25) is 0 Å². The van der Waals surface area contributed by atoms with Crippen LogP contribution in [0.3, 0.4) is 0 Å². The molecule has 0 spiro atoms. The number of carbonyl (C=O) groups excluding carboxylic acids is 1. The Hall–Kier alpha value is -2.68.